The molecule has 0 saturated carbocycles. The van der Waals surface area contributed by atoms with Crippen LogP contribution in [0.3, 0.4) is 0 Å². The van der Waals surface area contributed by atoms with Crippen LogP contribution in [0.1, 0.15) is 0 Å². The molecule has 3 rings (SSSR count). The molecule has 1 nitrogen and oxygen atoms in total. The molecule has 0 radical (unpaired) electrons. The van der Waals surface area contributed by atoms with Crippen LogP contribution in [0.2, 0.25) is 0 Å². The zero-order valence-electron chi connectivity index (χ0n) is 13.6. The molecule has 3 aromatic carbocycles. The molecule has 0 aliphatic rings. The normalized spacial score (nSPS) is 12.1. The Morgan fingerprint density at radius 1 is 0.720 bits per heavy atom. The molecule has 1 unspecified atom stereocenters. The summed E-state index contributed by atoms with van der Waals surface area (Å²) >= 11 is 0. The molecule has 4 heteroatoms. The van der Waals surface area contributed by atoms with E-state index in [1.165, 1.54) is 9.79 Å². The molecule has 0 fully saturated rings. The summed E-state index contributed by atoms with van der Waals surface area (Å²) in [5, 5.41) is 0. The second-order valence-electron chi connectivity index (χ2n) is 5.47. The van der Waals surface area contributed by atoms with Gasteiger partial charge >= 0.3 is 0 Å². The van der Waals surface area contributed by atoms with Crippen LogP contribution in [0.4, 0.5) is 8.78 Å². The minimum Gasteiger partial charge on any atom is -0.490 e. The van der Waals surface area contributed by atoms with Crippen LogP contribution < -0.4 is 4.74 Å². The van der Waals surface area contributed by atoms with E-state index >= 15 is 0 Å². The van der Waals surface area contributed by atoms with E-state index < -0.39 is 12.8 Å². The van der Waals surface area contributed by atoms with E-state index in [0.717, 1.165) is 4.90 Å². The number of rotatable bonds is 7. The van der Waals surface area contributed by atoms with Crippen molar-refractivity contribution in [2.75, 3.05) is 13.3 Å². The van der Waals surface area contributed by atoms with Gasteiger partial charge in [-0.05, 0) is 48.5 Å². The molecule has 0 amide bonds. The fraction of sp³-hybridized carbons (Fsp3) is 0.143. The zero-order chi connectivity index (χ0) is 17.5. The van der Waals surface area contributed by atoms with Gasteiger partial charge in [0.1, 0.15) is 19.0 Å². The number of halogens is 2. The Bertz CT molecular complexity index is 723. The van der Waals surface area contributed by atoms with Crippen LogP contribution in [0, 0.1) is 0 Å². The number of hydrogen-bond donors (Lipinski definition) is 0. The quantitative estimate of drug-likeness (QED) is 0.510. The van der Waals surface area contributed by atoms with Gasteiger partial charge in [0.2, 0.25) is 0 Å². The molecule has 25 heavy (non-hydrogen) atoms. The maximum absolute atomic E-state index is 13.0. The molecule has 0 aromatic heterocycles. The van der Waals surface area contributed by atoms with E-state index in [1.54, 1.807) is 0 Å². The molecule has 0 spiro atoms. The Morgan fingerprint density at radius 3 is 1.68 bits per heavy atom. The average molecular weight is 357 g/mol. The van der Waals surface area contributed by atoms with Crippen LogP contribution in [0.5, 0.6) is 5.75 Å². The molecule has 128 valence electrons. The van der Waals surface area contributed by atoms with Crippen molar-refractivity contribution >= 4 is 10.9 Å². The molecule has 1 atom stereocenters. The monoisotopic (exact) mass is 357 g/mol. The fourth-order valence-electron chi connectivity index (χ4n) is 2.42. The minimum atomic E-state index is -1.58. The van der Waals surface area contributed by atoms with Gasteiger partial charge in [-0.15, -0.1) is 0 Å². The van der Waals surface area contributed by atoms with Crippen molar-refractivity contribution < 1.29 is 13.5 Å². The van der Waals surface area contributed by atoms with E-state index in [0.29, 0.717) is 5.75 Å². The maximum Gasteiger partial charge on any atom is 0.166 e. The van der Waals surface area contributed by atoms with Crippen LogP contribution in [-0.4, -0.2) is 19.5 Å². The third-order valence-electron chi connectivity index (χ3n) is 3.62. The summed E-state index contributed by atoms with van der Waals surface area (Å²) in [5.74, 6) is 0.546. The van der Waals surface area contributed by atoms with Crippen molar-refractivity contribution in [3.63, 3.8) is 0 Å². The van der Waals surface area contributed by atoms with Crippen molar-refractivity contribution in [3.8, 4) is 5.75 Å². The highest BCUT2D eigenvalue weighted by Crippen LogP contribution is 2.31. The number of alkyl halides is 2. The molecular weight excluding hydrogens is 338 g/mol. The maximum atomic E-state index is 13.0. The number of hydrogen-bond acceptors (Lipinski definition) is 1. The third kappa shape index (κ3) is 4.60. The van der Waals surface area contributed by atoms with E-state index in [9.17, 15) is 8.78 Å². The average Bonchev–Trinajstić information content (AvgIpc) is 2.69. The molecule has 0 saturated heterocycles. The highest BCUT2D eigenvalue weighted by atomic mass is 32.2. The number of ether oxygens (including phenoxy) is 1. The largest absolute Gasteiger partial charge is 0.490 e. The Kier molecular flexibility index (Phi) is 6.07. The Hall–Kier alpha value is -2.33. The van der Waals surface area contributed by atoms with Gasteiger partial charge in [0, 0.05) is 0 Å². The van der Waals surface area contributed by atoms with Gasteiger partial charge in [-0.2, -0.15) is 0 Å². The van der Waals surface area contributed by atoms with Crippen molar-refractivity contribution in [1.29, 1.82) is 0 Å². The molecular formula is C21H19F2OS+. The fourth-order valence-corrected chi connectivity index (χ4v) is 4.51. The Morgan fingerprint density at radius 2 is 1.20 bits per heavy atom. The van der Waals surface area contributed by atoms with Crippen LogP contribution in [0.15, 0.2) is 99.6 Å². The lowest BCUT2D eigenvalue weighted by Crippen LogP contribution is -2.14. The molecule has 0 aliphatic heterocycles. The van der Waals surface area contributed by atoms with Gasteiger partial charge in [0.05, 0.1) is 10.9 Å². The number of benzene rings is 3. The molecule has 3 aromatic rings. The second-order valence-corrected chi connectivity index (χ2v) is 7.49. The smallest absolute Gasteiger partial charge is 0.166 e. The first-order chi connectivity index (χ1) is 12.3. The predicted octanol–water partition coefficient (Wildman–Crippen LogP) is 5.47. The van der Waals surface area contributed by atoms with Crippen LogP contribution in [0.25, 0.3) is 0 Å². The molecule has 0 heterocycles. The SMILES string of the molecule is FCC(F)COc1ccc([S+](c2ccccc2)c2ccccc2)cc1. The van der Waals surface area contributed by atoms with E-state index in [2.05, 4.69) is 24.3 Å². The summed E-state index contributed by atoms with van der Waals surface area (Å²) in [7, 11) is -0.227. The Labute approximate surface area is 149 Å². The summed E-state index contributed by atoms with van der Waals surface area (Å²) in [5.41, 5.74) is 0. The summed E-state index contributed by atoms with van der Waals surface area (Å²) in [4.78, 5) is 3.60. The van der Waals surface area contributed by atoms with Crippen molar-refractivity contribution in [3.05, 3.63) is 84.9 Å². The van der Waals surface area contributed by atoms with E-state index in [4.69, 9.17) is 4.74 Å². The van der Waals surface area contributed by atoms with Gasteiger partial charge < -0.3 is 4.74 Å². The van der Waals surface area contributed by atoms with Crippen molar-refractivity contribution in [2.45, 2.75) is 20.9 Å². The first-order valence-corrected chi connectivity index (χ1v) is 9.27. The summed E-state index contributed by atoms with van der Waals surface area (Å²) in [6.45, 7) is -1.29. The topological polar surface area (TPSA) is 9.23 Å². The first kappa shape index (κ1) is 17.5. The highest BCUT2D eigenvalue weighted by molar-refractivity contribution is 7.97. The lowest BCUT2D eigenvalue weighted by Gasteiger charge is -2.10. The third-order valence-corrected chi connectivity index (χ3v) is 5.85. The van der Waals surface area contributed by atoms with Gasteiger partial charge in [0.25, 0.3) is 0 Å². The van der Waals surface area contributed by atoms with Crippen LogP contribution in [-0.2, 0) is 10.9 Å². The van der Waals surface area contributed by atoms with Gasteiger partial charge in [0.15, 0.2) is 20.9 Å². The predicted molar refractivity (Wildman–Crippen MR) is 97.9 cm³/mol. The van der Waals surface area contributed by atoms with Crippen molar-refractivity contribution in [1.82, 2.24) is 0 Å². The van der Waals surface area contributed by atoms with Gasteiger partial charge in [-0.25, -0.2) is 8.78 Å². The molecule has 0 bridgehead atoms. The second kappa shape index (κ2) is 8.67. The standard InChI is InChI=1S/C21H19F2OS/c22-15-17(23)16-24-18-11-13-21(14-12-18)25(19-7-3-1-4-8-19)20-9-5-2-6-10-20/h1-14,17H,15-16H2/q+1. The minimum absolute atomic E-state index is 0.227. The lowest BCUT2D eigenvalue weighted by molar-refractivity contribution is 0.166. The van der Waals surface area contributed by atoms with E-state index in [1.807, 2.05) is 60.7 Å². The highest BCUT2D eigenvalue weighted by Gasteiger charge is 2.28. The Balaban J connectivity index is 1.87. The van der Waals surface area contributed by atoms with E-state index in [-0.39, 0.29) is 17.5 Å². The zero-order valence-corrected chi connectivity index (χ0v) is 14.5. The van der Waals surface area contributed by atoms with Crippen molar-refractivity contribution in [2.24, 2.45) is 0 Å². The van der Waals surface area contributed by atoms with Gasteiger partial charge in [-0.1, -0.05) is 36.4 Å². The summed E-state index contributed by atoms with van der Waals surface area (Å²) < 4.78 is 30.4. The first-order valence-electron chi connectivity index (χ1n) is 8.05. The summed E-state index contributed by atoms with van der Waals surface area (Å²) in [6.07, 6.45) is -1.58. The van der Waals surface area contributed by atoms with Gasteiger partial charge in [-0.3, -0.25) is 0 Å². The summed E-state index contributed by atoms with van der Waals surface area (Å²) in [6, 6.07) is 28.2. The lowest BCUT2D eigenvalue weighted by atomic mass is 10.3. The molecule has 0 N–H and O–H groups in total. The van der Waals surface area contributed by atoms with Crippen LogP contribution >= 0.6 is 0 Å². The molecule has 0 aliphatic carbocycles.